The first kappa shape index (κ1) is 22.0. The molecule has 0 aliphatic carbocycles. The number of rotatable bonds is 8. The summed E-state index contributed by atoms with van der Waals surface area (Å²) in [5, 5.41) is 3.51. The predicted molar refractivity (Wildman–Crippen MR) is 114 cm³/mol. The highest BCUT2D eigenvalue weighted by Crippen LogP contribution is 2.20. The molecular formula is C23H29ClN2O2. The lowest BCUT2D eigenvalue weighted by atomic mass is 10.0. The highest BCUT2D eigenvalue weighted by molar-refractivity contribution is 6.31. The lowest BCUT2D eigenvalue weighted by molar-refractivity contribution is -0.141. The van der Waals surface area contributed by atoms with Crippen molar-refractivity contribution < 1.29 is 9.59 Å². The fourth-order valence-electron chi connectivity index (χ4n) is 3.18. The van der Waals surface area contributed by atoms with Crippen molar-refractivity contribution in [1.82, 2.24) is 10.2 Å². The van der Waals surface area contributed by atoms with Gasteiger partial charge in [-0.2, -0.15) is 0 Å². The summed E-state index contributed by atoms with van der Waals surface area (Å²) in [6.07, 6.45) is 0.704. The minimum absolute atomic E-state index is 0.0144. The van der Waals surface area contributed by atoms with E-state index in [1.165, 1.54) is 0 Å². The molecule has 0 aliphatic rings. The van der Waals surface area contributed by atoms with Crippen LogP contribution < -0.4 is 5.32 Å². The topological polar surface area (TPSA) is 49.4 Å². The summed E-state index contributed by atoms with van der Waals surface area (Å²) in [7, 11) is 0. The van der Waals surface area contributed by atoms with Gasteiger partial charge in [-0.15, -0.1) is 0 Å². The monoisotopic (exact) mass is 400 g/mol. The van der Waals surface area contributed by atoms with Gasteiger partial charge in [0.05, 0.1) is 6.42 Å². The average molecular weight is 401 g/mol. The number of carbonyl (C=O) groups excluding carboxylic acids is 2. The zero-order valence-corrected chi connectivity index (χ0v) is 17.8. The van der Waals surface area contributed by atoms with Gasteiger partial charge >= 0.3 is 0 Å². The van der Waals surface area contributed by atoms with Gasteiger partial charge in [-0.1, -0.05) is 61.0 Å². The SMILES string of the molecule is CC[C@H](C(=O)NC(C)C)N(Cc1ccccc1C)C(=O)Cc1ccccc1Cl. The summed E-state index contributed by atoms with van der Waals surface area (Å²) in [6.45, 7) is 8.17. The molecule has 150 valence electrons. The van der Waals surface area contributed by atoms with Crippen molar-refractivity contribution in [2.75, 3.05) is 0 Å². The van der Waals surface area contributed by atoms with Crippen LogP contribution in [0.5, 0.6) is 0 Å². The molecule has 1 N–H and O–H groups in total. The lowest BCUT2D eigenvalue weighted by Crippen LogP contribution is -2.50. The van der Waals surface area contributed by atoms with Crippen LogP contribution >= 0.6 is 11.6 Å². The zero-order chi connectivity index (χ0) is 20.7. The molecule has 2 rings (SSSR count). The average Bonchev–Trinajstić information content (AvgIpc) is 2.64. The van der Waals surface area contributed by atoms with Gasteiger partial charge in [0.2, 0.25) is 11.8 Å². The Morgan fingerprint density at radius 1 is 1.04 bits per heavy atom. The molecule has 0 saturated heterocycles. The maximum atomic E-state index is 13.3. The largest absolute Gasteiger partial charge is 0.352 e. The molecule has 0 radical (unpaired) electrons. The third-order valence-corrected chi connectivity index (χ3v) is 5.09. The van der Waals surface area contributed by atoms with Crippen LogP contribution in [0.2, 0.25) is 5.02 Å². The second-order valence-corrected chi connectivity index (χ2v) is 7.71. The highest BCUT2D eigenvalue weighted by atomic mass is 35.5. The van der Waals surface area contributed by atoms with Crippen molar-refractivity contribution in [1.29, 1.82) is 0 Å². The molecular weight excluding hydrogens is 372 g/mol. The summed E-state index contributed by atoms with van der Waals surface area (Å²) >= 11 is 6.25. The third kappa shape index (κ3) is 5.83. The Kier molecular flexibility index (Phi) is 8.06. The molecule has 2 amide bonds. The van der Waals surface area contributed by atoms with Crippen LogP contribution in [-0.2, 0) is 22.6 Å². The van der Waals surface area contributed by atoms with Crippen molar-refractivity contribution >= 4 is 23.4 Å². The molecule has 0 fully saturated rings. The number of aryl methyl sites for hydroxylation is 1. The van der Waals surface area contributed by atoms with Crippen LogP contribution in [0.15, 0.2) is 48.5 Å². The molecule has 0 saturated carbocycles. The molecule has 0 aromatic heterocycles. The van der Waals surface area contributed by atoms with Crippen LogP contribution in [0.4, 0.5) is 0 Å². The number of carbonyl (C=O) groups is 2. The lowest BCUT2D eigenvalue weighted by Gasteiger charge is -2.32. The maximum Gasteiger partial charge on any atom is 0.243 e. The Labute approximate surface area is 172 Å². The highest BCUT2D eigenvalue weighted by Gasteiger charge is 2.29. The van der Waals surface area contributed by atoms with E-state index in [0.29, 0.717) is 18.0 Å². The number of nitrogens with one attached hydrogen (secondary N) is 1. The van der Waals surface area contributed by atoms with E-state index >= 15 is 0 Å². The number of nitrogens with zero attached hydrogens (tertiary/aromatic N) is 1. The minimum atomic E-state index is -0.531. The number of hydrogen-bond donors (Lipinski definition) is 1. The normalized spacial score (nSPS) is 11.9. The Balaban J connectivity index is 2.33. The van der Waals surface area contributed by atoms with E-state index in [1.807, 2.05) is 70.2 Å². The first-order chi connectivity index (χ1) is 13.3. The van der Waals surface area contributed by atoms with E-state index in [4.69, 9.17) is 11.6 Å². The molecule has 28 heavy (non-hydrogen) atoms. The van der Waals surface area contributed by atoms with Crippen LogP contribution in [-0.4, -0.2) is 28.8 Å². The van der Waals surface area contributed by atoms with E-state index in [0.717, 1.165) is 16.7 Å². The first-order valence-corrected chi connectivity index (χ1v) is 10.1. The van der Waals surface area contributed by atoms with E-state index in [2.05, 4.69) is 5.32 Å². The molecule has 0 aliphatic heterocycles. The van der Waals surface area contributed by atoms with Gasteiger partial charge in [0.1, 0.15) is 6.04 Å². The standard InChI is InChI=1S/C23H29ClN2O2/c1-5-21(23(28)25-16(2)3)26(15-19-12-7-6-10-17(19)4)22(27)14-18-11-8-9-13-20(18)24/h6-13,16,21H,5,14-15H2,1-4H3,(H,25,28)/t21-/m1/s1. The van der Waals surface area contributed by atoms with Crippen LogP contribution in [0, 0.1) is 6.92 Å². The predicted octanol–water partition coefficient (Wildman–Crippen LogP) is 4.52. The molecule has 1 atom stereocenters. The second-order valence-electron chi connectivity index (χ2n) is 7.30. The quantitative estimate of drug-likeness (QED) is 0.708. The van der Waals surface area contributed by atoms with E-state index in [-0.39, 0.29) is 24.3 Å². The first-order valence-electron chi connectivity index (χ1n) is 9.71. The number of benzene rings is 2. The molecule has 5 heteroatoms. The Hall–Kier alpha value is -2.33. The minimum Gasteiger partial charge on any atom is -0.352 e. The second kappa shape index (κ2) is 10.3. The van der Waals surface area contributed by atoms with E-state index in [9.17, 15) is 9.59 Å². The van der Waals surface area contributed by atoms with Crippen LogP contribution in [0.1, 0.15) is 43.9 Å². The molecule has 0 bridgehead atoms. The molecule has 2 aromatic rings. The van der Waals surface area contributed by atoms with Crippen molar-refractivity contribution in [3.8, 4) is 0 Å². The van der Waals surface area contributed by atoms with Gasteiger partial charge < -0.3 is 10.2 Å². The van der Waals surface area contributed by atoms with Gasteiger partial charge in [0, 0.05) is 17.6 Å². The molecule has 4 nitrogen and oxygen atoms in total. The fourth-order valence-corrected chi connectivity index (χ4v) is 3.38. The Morgan fingerprint density at radius 2 is 1.64 bits per heavy atom. The summed E-state index contributed by atoms with van der Waals surface area (Å²) in [6, 6.07) is 14.7. The summed E-state index contributed by atoms with van der Waals surface area (Å²) in [5.74, 6) is -0.235. The van der Waals surface area contributed by atoms with E-state index < -0.39 is 6.04 Å². The van der Waals surface area contributed by atoms with Crippen LogP contribution in [0.3, 0.4) is 0 Å². The molecule has 0 heterocycles. The Bertz CT molecular complexity index is 820. The fraction of sp³-hybridized carbons (Fsp3) is 0.391. The smallest absolute Gasteiger partial charge is 0.243 e. The van der Waals surface area contributed by atoms with Crippen molar-refractivity contribution in [3.63, 3.8) is 0 Å². The number of halogens is 1. The van der Waals surface area contributed by atoms with Crippen molar-refractivity contribution in [2.24, 2.45) is 0 Å². The van der Waals surface area contributed by atoms with Gasteiger partial charge in [0.15, 0.2) is 0 Å². The van der Waals surface area contributed by atoms with Gasteiger partial charge in [-0.3, -0.25) is 9.59 Å². The summed E-state index contributed by atoms with van der Waals surface area (Å²) in [5.41, 5.74) is 2.89. The van der Waals surface area contributed by atoms with Gasteiger partial charge in [-0.25, -0.2) is 0 Å². The molecule has 0 unspecified atom stereocenters. The van der Waals surface area contributed by atoms with Gasteiger partial charge in [-0.05, 0) is 49.9 Å². The van der Waals surface area contributed by atoms with Gasteiger partial charge in [0.25, 0.3) is 0 Å². The van der Waals surface area contributed by atoms with Crippen LogP contribution in [0.25, 0.3) is 0 Å². The number of amides is 2. The maximum absolute atomic E-state index is 13.3. The van der Waals surface area contributed by atoms with Crippen molar-refractivity contribution in [2.45, 2.75) is 59.2 Å². The third-order valence-electron chi connectivity index (χ3n) is 4.72. The Morgan fingerprint density at radius 3 is 2.21 bits per heavy atom. The molecule has 0 spiro atoms. The van der Waals surface area contributed by atoms with E-state index in [1.54, 1.807) is 11.0 Å². The summed E-state index contributed by atoms with van der Waals surface area (Å²) < 4.78 is 0. The summed E-state index contributed by atoms with van der Waals surface area (Å²) in [4.78, 5) is 27.7. The van der Waals surface area contributed by atoms with Crippen molar-refractivity contribution in [3.05, 3.63) is 70.2 Å². The molecule has 2 aromatic carbocycles. The zero-order valence-electron chi connectivity index (χ0n) is 17.0. The number of hydrogen-bond acceptors (Lipinski definition) is 2.